The smallest absolute Gasteiger partial charge is 0.326 e. The molecule has 42 heavy (non-hydrogen) atoms. The predicted octanol–water partition coefficient (Wildman–Crippen LogP) is 6.31. The first-order valence-corrected chi connectivity index (χ1v) is 15.6. The zero-order valence-corrected chi connectivity index (χ0v) is 24.9. The average Bonchev–Trinajstić information content (AvgIpc) is 2.95. The summed E-state index contributed by atoms with van der Waals surface area (Å²) in [6, 6.07) is 16.0. The maximum atomic E-state index is 14.0. The first kappa shape index (κ1) is 31.7. The molecule has 0 aromatic heterocycles. The van der Waals surface area contributed by atoms with Crippen LogP contribution in [0.3, 0.4) is 0 Å². The summed E-state index contributed by atoms with van der Waals surface area (Å²) in [6.07, 6.45) is 4.06. The molecule has 1 amide bonds. The molecule has 0 unspecified atom stereocenters. The van der Waals surface area contributed by atoms with Crippen molar-refractivity contribution in [1.82, 2.24) is 10.2 Å². The molecule has 224 valence electrons. The Morgan fingerprint density at radius 3 is 2.36 bits per heavy atom. The lowest BCUT2D eigenvalue weighted by Gasteiger charge is -2.30. The number of carbonyl (C=O) groups is 2. The molecule has 1 fully saturated rings. The zero-order valence-electron chi connectivity index (χ0n) is 24.1. The summed E-state index contributed by atoms with van der Waals surface area (Å²) in [6.45, 7) is 4.97. The Bertz CT molecular complexity index is 1360. The van der Waals surface area contributed by atoms with Crippen LogP contribution in [0.15, 0.2) is 60.7 Å². The number of ether oxygens (including phenoxy) is 1. The van der Waals surface area contributed by atoms with Crippen molar-refractivity contribution in [2.45, 2.75) is 45.3 Å². The lowest BCUT2D eigenvalue weighted by molar-refractivity contribution is -0.139. The number of halogens is 2. The summed E-state index contributed by atoms with van der Waals surface area (Å²) in [7, 11) is 0. The highest BCUT2D eigenvalue weighted by Gasteiger charge is 2.24. The van der Waals surface area contributed by atoms with Crippen LogP contribution in [0.4, 0.5) is 8.78 Å². The Balaban J connectivity index is 1.66. The van der Waals surface area contributed by atoms with Crippen molar-refractivity contribution >= 4 is 23.6 Å². The number of hydrogen-bond donors (Lipinski definition) is 2. The fraction of sp³-hybridized carbons (Fsp3) is 0.394. The van der Waals surface area contributed by atoms with Gasteiger partial charge in [-0.2, -0.15) is 11.8 Å². The predicted molar refractivity (Wildman–Crippen MR) is 163 cm³/mol. The average molecular weight is 597 g/mol. The molecule has 1 aliphatic rings. The van der Waals surface area contributed by atoms with Gasteiger partial charge in [0.05, 0.1) is 0 Å². The number of hydrogen-bond acceptors (Lipinski definition) is 5. The van der Waals surface area contributed by atoms with Crippen LogP contribution in [0.25, 0.3) is 11.1 Å². The largest absolute Gasteiger partial charge is 0.480 e. The SMILES string of the molecule is CSCC[C@H](NC(=O)c1ccc(CN(Cc2cc(F)cc(F)c2)CC2CCOCC2)cc1-c1ccccc1C)C(=O)O. The van der Waals surface area contributed by atoms with Crippen LogP contribution in [-0.2, 0) is 22.6 Å². The Labute approximate surface area is 250 Å². The Morgan fingerprint density at radius 2 is 1.69 bits per heavy atom. The lowest BCUT2D eigenvalue weighted by Crippen LogP contribution is -2.41. The first-order valence-electron chi connectivity index (χ1n) is 14.2. The minimum Gasteiger partial charge on any atom is -0.480 e. The molecule has 1 atom stereocenters. The summed E-state index contributed by atoms with van der Waals surface area (Å²) in [5.74, 6) is -1.71. The maximum Gasteiger partial charge on any atom is 0.326 e. The molecule has 0 bridgehead atoms. The van der Waals surface area contributed by atoms with Crippen molar-refractivity contribution in [3.8, 4) is 11.1 Å². The molecule has 0 radical (unpaired) electrons. The van der Waals surface area contributed by atoms with E-state index in [1.807, 2.05) is 49.6 Å². The Hall–Kier alpha value is -3.27. The summed E-state index contributed by atoms with van der Waals surface area (Å²) >= 11 is 1.53. The second kappa shape index (κ2) is 15.3. The fourth-order valence-electron chi connectivity index (χ4n) is 5.41. The molecule has 9 heteroatoms. The Morgan fingerprint density at radius 1 is 1.00 bits per heavy atom. The van der Waals surface area contributed by atoms with Gasteiger partial charge < -0.3 is 15.2 Å². The molecule has 1 heterocycles. The highest BCUT2D eigenvalue weighted by Crippen LogP contribution is 2.30. The van der Waals surface area contributed by atoms with Gasteiger partial charge in [0.1, 0.15) is 17.7 Å². The molecule has 0 saturated carbocycles. The zero-order chi connectivity index (χ0) is 30.1. The number of aryl methyl sites for hydroxylation is 1. The molecule has 0 aliphatic carbocycles. The van der Waals surface area contributed by atoms with Crippen LogP contribution in [-0.4, -0.2) is 59.7 Å². The van der Waals surface area contributed by atoms with Crippen LogP contribution in [0.5, 0.6) is 0 Å². The number of carboxylic acid groups (broad SMARTS) is 1. The van der Waals surface area contributed by atoms with E-state index in [2.05, 4.69) is 10.2 Å². The summed E-state index contributed by atoms with van der Waals surface area (Å²) < 4.78 is 33.6. The van der Waals surface area contributed by atoms with Gasteiger partial charge in [0.2, 0.25) is 0 Å². The van der Waals surface area contributed by atoms with E-state index in [9.17, 15) is 23.5 Å². The van der Waals surface area contributed by atoms with Crippen molar-refractivity contribution in [2.75, 3.05) is 31.8 Å². The van der Waals surface area contributed by atoms with Crippen LogP contribution < -0.4 is 5.32 Å². The Kier molecular flexibility index (Phi) is 11.5. The topological polar surface area (TPSA) is 78.9 Å². The molecule has 1 saturated heterocycles. The van der Waals surface area contributed by atoms with E-state index < -0.39 is 29.6 Å². The van der Waals surface area contributed by atoms with E-state index in [1.54, 1.807) is 6.07 Å². The van der Waals surface area contributed by atoms with E-state index >= 15 is 0 Å². The number of carboxylic acids is 1. The van der Waals surface area contributed by atoms with Crippen LogP contribution in [0.1, 0.15) is 46.3 Å². The van der Waals surface area contributed by atoms with Gasteiger partial charge in [-0.3, -0.25) is 9.69 Å². The molecule has 3 aromatic carbocycles. The molecule has 0 spiro atoms. The van der Waals surface area contributed by atoms with Crippen molar-refractivity contribution in [1.29, 1.82) is 0 Å². The number of nitrogens with zero attached hydrogens (tertiary/aromatic N) is 1. The van der Waals surface area contributed by atoms with Gasteiger partial charge in [0.25, 0.3) is 5.91 Å². The molecule has 2 N–H and O–H groups in total. The van der Waals surface area contributed by atoms with Gasteiger partial charge >= 0.3 is 5.97 Å². The second-order valence-corrected chi connectivity index (χ2v) is 11.8. The first-order chi connectivity index (χ1) is 20.2. The molecular weight excluding hydrogens is 558 g/mol. The normalized spacial score (nSPS) is 14.6. The third-order valence-corrected chi connectivity index (χ3v) is 8.21. The van der Waals surface area contributed by atoms with Gasteiger partial charge in [-0.15, -0.1) is 0 Å². The van der Waals surface area contributed by atoms with E-state index in [4.69, 9.17) is 4.74 Å². The molecule has 3 aromatic rings. The number of aliphatic carboxylic acids is 1. The van der Waals surface area contributed by atoms with E-state index in [0.717, 1.165) is 42.1 Å². The number of amides is 1. The number of rotatable bonds is 13. The van der Waals surface area contributed by atoms with E-state index in [1.165, 1.54) is 23.9 Å². The summed E-state index contributed by atoms with van der Waals surface area (Å²) in [5, 5.41) is 12.4. The monoisotopic (exact) mass is 596 g/mol. The standard InChI is InChI=1S/C33H38F2N2O4S/c1-22-5-3-4-6-28(22)30-17-24(7-8-29(30)32(38)36-31(33(39)40)11-14-42-2)20-37(19-23-9-12-41-13-10-23)21-25-15-26(34)18-27(35)16-25/h3-8,15-18,23,31H,9-14,19-21H2,1-2H3,(H,36,38)(H,39,40)/t31-/m0/s1. The van der Waals surface area contributed by atoms with Gasteiger partial charge in [-0.1, -0.05) is 30.3 Å². The van der Waals surface area contributed by atoms with Gasteiger partial charge in [-0.25, -0.2) is 13.6 Å². The summed E-state index contributed by atoms with van der Waals surface area (Å²) in [5.41, 5.74) is 4.45. The molecule has 1 aliphatic heterocycles. The molecule has 4 rings (SSSR count). The van der Waals surface area contributed by atoms with Crippen LogP contribution in [0.2, 0.25) is 0 Å². The highest BCUT2D eigenvalue weighted by atomic mass is 32.2. The number of benzene rings is 3. The van der Waals surface area contributed by atoms with Gasteiger partial charge in [-0.05, 0) is 96.2 Å². The van der Waals surface area contributed by atoms with Crippen LogP contribution >= 0.6 is 11.8 Å². The number of thioether (sulfide) groups is 1. The number of carbonyl (C=O) groups excluding carboxylic acids is 1. The lowest BCUT2D eigenvalue weighted by atomic mass is 9.93. The van der Waals surface area contributed by atoms with E-state index in [-0.39, 0.29) is 0 Å². The number of nitrogens with one attached hydrogen (secondary N) is 1. The van der Waals surface area contributed by atoms with Crippen molar-refractivity contribution in [3.05, 3.63) is 94.6 Å². The van der Waals surface area contributed by atoms with E-state index in [0.29, 0.717) is 61.1 Å². The molecule has 6 nitrogen and oxygen atoms in total. The van der Waals surface area contributed by atoms with Crippen molar-refractivity contribution in [3.63, 3.8) is 0 Å². The fourth-order valence-corrected chi connectivity index (χ4v) is 5.88. The third kappa shape index (κ3) is 8.86. The second-order valence-electron chi connectivity index (χ2n) is 10.8. The van der Waals surface area contributed by atoms with Crippen molar-refractivity contribution < 1.29 is 28.2 Å². The minimum absolute atomic E-state index is 0.321. The van der Waals surface area contributed by atoms with Crippen LogP contribution in [0, 0.1) is 24.5 Å². The highest BCUT2D eigenvalue weighted by molar-refractivity contribution is 7.98. The van der Waals surface area contributed by atoms with Crippen molar-refractivity contribution in [2.24, 2.45) is 5.92 Å². The third-order valence-electron chi connectivity index (χ3n) is 7.57. The minimum atomic E-state index is -1.07. The quantitative estimate of drug-likeness (QED) is 0.241. The summed E-state index contributed by atoms with van der Waals surface area (Å²) in [4.78, 5) is 27.5. The maximum absolute atomic E-state index is 14.0. The van der Waals surface area contributed by atoms with Gasteiger partial charge in [0.15, 0.2) is 0 Å². The molecular formula is C33H38F2N2O4S. The van der Waals surface area contributed by atoms with Gasteiger partial charge in [0, 0.05) is 44.5 Å².